The first-order valence-corrected chi connectivity index (χ1v) is 11.4. The zero-order chi connectivity index (χ0) is 21.7. The Labute approximate surface area is 182 Å². The van der Waals surface area contributed by atoms with Gasteiger partial charge in [0.05, 0.1) is 21.2 Å². The number of nitrogens with one attached hydrogen (secondary N) is 2. The van der Waals surface area contributed by atoms with E-state index in [2.05, 4.69) is 23.9 Å². The van der Waals surface area contributed by atoms with Crippen LogP contribution in [0.25, 0.3) is 0 Å². The molecule has 5 nitrogen and oxygen atoms in total. The minimum atomic E-state index is -3.73. The van der Waals surface area contributed by atoms with Crippen molar-refractivity contribution < 1.29 is 13.2 Å². The van der Waals surface area contributed by atoms with E-state index in [4.69, 9.17) is 11.6 Å². The quantitative estimate of drug-likeness (QED) is 0.528. The number of amides is 1. The average molecular weight is 443 g/mol. The molecule has 3 rings (SSSR count). The molecule has 1 amide bonds. The van der Waals surface area contributed by atoms with Crippen molar-refractivity contribution in [1.29, 1.82) is 0 Å². The van der Waals surface area contributed by atoms with Crippen LogP contribution in [0.5, 0.6) is 0 Å². The molecule has 0 saturated carbocycles. The van der Waals surface area contributed by atoms with E-state index in [1.165, 1.54) is 35.9 Å². The number of halogens is 1. The van der Waals surface area contributed by atoms with Gasteiger partial charge in [-0.3, -0.25) is 9.52 Å². The van der Waals surface area contributed by atoms with Gasteiger partial charge in [0.1, 0.15) is 0 Å². The molecule has 0 fully saturated rings. The van der Waals surface area contributed by atoms with E-state index in [1.54, 1.807) is 18.2 Å². The maximum Gasteiger partial charge on any atom is 0.261 e. The van der Waals surface area contributed by atoms with Crippen molar-refractivity contribution in [3.05, 3.63) is 94.5 Å². The maximum absolute atomic E-state index is 12.5. The molecule has 0 heterocycles. The minimum Gasteiger partial charge on any atom is -0.348 e. The maximum atomic E-state index is 12.5. The first-order chi connectivity index (χ1) is 14.3. The van der Waals surface area contributed by atoms with Gasteiger partial charge in [-0.1, -0.05) is 67.9 Å². The summed E-state index contributed by atoms with van der Waals surface area (Å²) in [5.74, 6) is 0.121. The molecule has 0 aliphatic heterocycles. The molecule has 0 atom stereocenters. The average Bonchev–Trinajstić information content (AvgIpc) is 2.73. The minimum absolute atomic E-state index is 0.145. The fourth-order valence-electron chi connectivity index (χ4n) is 2.87. The molecule has 0 radical (unpaired) electrons. The number of sulfonamides is 1. The van der Waals surface area contributed by atoms with Crippen LogP contribution in [0.2, 0.25) is 5.02 Å². The predicted octanol–water partition coefficient (Wildman–Crippen LogP) is 5.19. The monoisotopic (exact) mass is 442 g/mol. The van der Waals surface area contributed by atoms with Crippen LogP contribution in [0.4, 0.5) is 5.69 Å². The van der Waals surface area contributed by atoms with Crippen LogP contribution in [0.3, 0.4) is 0 Å². The Morgan fingerprint density at radius 3 is 2.23 bits per heavy atom. The summed E-state index contributed by atoms with van der Waals surface area (Å²) < 4.78 is 27.3. The van der Waals surface area contributed by atoms with Gasteiger partial charge >= 0.3 is 0 Å². The molecule has 3 aromatic carbocycles. The van der Waals surface area contributed by atoms with Crippen molar-refractivity contribution in [3.63, 3.8) is 0 Å². The van der Waals surface area contributed by atoms with E-state index < -0.39 is 10.0 Å². The van der Waals surface area contributed by atoms with Crippen LogP contribution >= 0.6 is 11.6 Å². The summed E-state index contributed by atoms with van der Waals surface area (Å²) in [7, 11) is -3.73. The summed E-state index contributed by atoms with van der Waals surface area (Å²) in [6, 6.07) is 20.5. The summed E-state index contributed by atoms with van der Waals surface area (Å²) in [6.45, 7) is 4.63. The number of hydrogen-bond acceptors (Lipinski definition) is 3. The van der Waals surface area contributed by atoms with Crippen molar-refractivity contribution in [1.82, 2.24) is 5.32 Å². The highest BCUT2D eigenvalue weighted by Crippen LogP contribution is 2.23. The van der Waals surface area contributed by atoms with Crippen LogP contribution < -0.4 is 10.0 Å². The van der Waals surface area contributed by atoms with Gasteiger partial charge in [-0.25, -0.2) is 8.42 Å². The Balaban J connectivity index is 1.66. The second-order valence-corrected chi connectivity index (χ2v) is 9.28. The highest BCUT2D eigenvalue weighted by atomic mass is 35.5. The van der Waals surface area contributed by atoms with Gasteiger partial charge in [0, 0.05) is 6.54 Å². The van der Waals surface area contributed by atoms with E-state index in [1.807, 2.05) is 24.3 Å². The molecular formula is C23H23ClN2O3S. The first-order valence-electron chi connectivity index (χ1n) is 9.51. The number of benzene rings is 3. The molecule has 0 unspecified atom stereocenters. The number of rotatable bonds is 7. The molecule has 0 aliphatic rings. The zero-order valence-corrected chi connectivity index (χ0v) is 18.3. The van der Waals surface area contributed by atoms with Crippen molar-refractivity contribution in [2.24, 2.45) is 0 Å². The predicted molar refractivity (Wildman–Crippen MR) is 120 cm³/mol. The van der Waals surface area contributed by atoms with Crippen LogP contribution in [0.1, 0.15) is 41.3 Å². The lowest BCUT2D eigenvalue weighted by Crippen LogP contribution is -2.23. The second-order valence-electron chi connectivity index (χ2n) is 7.19. The van der Waals surface area contributed by atoms with Crippen molar-refractivity contribution in [2.45, 2.75) is 31.2 Å². The van der Waals surface area contributed by atoms with Crippen LogP contribution in [-0.2, 0) is 16.6 Å². The summed E-state index contributed by atoms with van der Waals surface area (Å²) >= 11 is 6.24. The van der Waals surface area contributed by atoms with Crippen LogP contribution in [0.15, 0.2) is 77.7 Å². The number of hydrogen-bond donors (Lipinski definition) is 2. The Kier molecular flexibility index (Phi) is 6.80. The second kappa shape index (κ2) is 9.32. The Morgan fingerprint density at radius 2 is 1.63 bits per heavy atom. The van der Waals surface area contributed by atoms with Gasteiger partial charge < -0.3 is 5.32 Å². The fraction of sp³-hybridized carbons (Fsp3) is 0.174. The van der Waals surface area contributed by atoms with E-state index in [0.29, 0.717) is 12.5 Å². The highest BCUT2D eigenvalue weighted by Gasteiger charge is 2.16. The molecule has 0 aliphatic carbocycles. The Morgan fingerprint density at radius 1 is 0.967 bits per heavy atom. The summed E-state index contributed by atoms with van der Waals surface area (Å²) in [4.78, 5) is 12.6. The SMILES string of the molecule is CC(C)c1ccc(CNC(=O)c2ccc(NS(=O)(=O)c3ccccc3)cc2Cl)cc1. The lowest BCUT2D eigenvalue weighted by molar-refractivity contribution is 0.0951. The largest absolute Gasteiger partial charge is 0.348 e. The van der Waals surface area contributed by atoms with Gasteiger partial charge in [-0.2, -0.15) is 0 Å². The van der Waals surface area contributed by atoms with Crippen LogP contribution in [-0.4, -0.2) is 14.3 Å². The number of carbonyl (C=O) groups is 1. The van der Waals surface area contributed by atoms with E-state index in [0.717, 1.165) is 5.56 Å². The molecule has 2 N–H and O–H groups in total. The smallest absolute Gasteiger partial charge is 0.261 e. The summed E-state index contributed by atoms with van der Waals surface area (Å²) in [6.07, 6.45) is 0. The third-order valence-corrected chi connectivity index (χ3v) is 6.33. The molecular weight excluding hydrogens is 420 g/mol. The fourth-order valence-corrected chi connectivity index (χ4v) is 4.21. The van der Waals surface area contributed by atoms with Gasteiger partial charge in [0.15, 0.2) is 0 Å². The molecule has 0 saturated heterocycles. The third-order valence-electron chi connectivity index (χ3n) is 4.62. The zero-order valence-electron chi connectivity index (χ0n) is 16.7. The molecule has 30 heavy (non-hydrogen) atoms. The Bertz CT molecular complexity index is 1130. The molecule has 0 bridgehead atoms. The lowest BCUT2D eigenvalue weighted by Gasteiger charge is -2.11. The van der Waals surface area contributed by atoms with E-state index in [-0.39, 0.29) is 27.1 Å². The van der Waals surface area contributed by atoms with Crippen LogP contribution in [0, 0.1) is 0 Å². The molecule has 3 aromatic rings. The van der Waals surface area contributed by atoms with Gasteiger partial charge in [0.25, 0.3) is 15.9 Å². The Hall–Kier alpha value is -2.83. The summed E-state index contributed by atoms with van der Waals surface area (Å²) in [5, 5.41) is 3.00. The first kappa shape index (κ1) is 21.9. The molecule has 7 heteroatoms. The molecule has 156 valence electrons. The standard InChI is InChI=1S/C23H23ClN2O3S/c1-16(2)18-10-8-17(9-11-18)15-25-23(27)21-13-12-19(14-22(21)24)26-30(28,29)20-6-4-3-5-7-20/h3-14,16,26H,15H2,1-2H3,(H,25,27). The van der Waals surface area contributed by atoms with Gasteiger partial charge in [0.2, 0.25) is 0 Å². The van der Waals surface area contributed by atoms with E-state index >= 15 is 0 Å². The van der Waals surface area contributed by atoms with Gasteiger partial charge in [-0.05, 0) is 47.4 Å². The normalized spacial score (nSPS) is 11.3. The molecule has 0 spiro atoms. The van der Waals surface area contributed by atoms with Gasteiger partial charge in [-0.15, -0.1) is 0 Å². The van der Waals surface area contributed by atoms with Crippen molar-refractivity contribution in [2.75, 3.05) is 4.72 Å². The highest BCUT2D eigenvalue weighted by molar-refractivity contribution is 7.92. The third kappa shape index (κ3) is 5.40. The summed E-state index contributed by atoms with van der Waals surface area (Å²) in [5.41, 5.74) is 2.78. The van der Waals surface area contributed by atoms with Crippen molar-refractivity contribution in [3.8, 4) is 0 Å². The van der Waals surface area contributed by atoms with Crippen molar-refractivity contribution >= 4 is 33.2 Å². The molecule has 0 aromatic heterocycles. The number of anilines is 1. The van der Waals surface area contributed by atoms with E-state index in [9.17, 15) is 13.2 Å². The topological polar surface area (TPSA) is 75.3 Å². The number of carbonyl (C=O) groups excluding carboxylic acids is 1. The lowest BCUT2D eigenvalue weighted by atomic mass is 10.0.